The number of piperidine rings is 1. The van der Waals surface area contributed by atoms with E-state index < -0.39 is 17.6 Å². The third-order valence-electron chi connectivity index (χ3n) is 3.62. The van der Waals surface area contributed by atoms with Crippen LogP contribution in [0, 0.1) is 5.92 Å². The van der Waals surface area contributed by atoms with Crippen LogP contribution in [-0.4, -0.2) is 40.0 Å². The number of hydrogen-bond donors (Lipinski definition) is 2. The molecule has 1 rings (SSSR count). The predicted molar refractivity (Wildman–Crippen MR) is 64.4 cm³/mol. The van der Waals surface area contributed by atoms with Crippen LogP contribution in [0.1, 0.15) is 40.0 Å². The molecule has 2 atom stereocenters. The topological polar surface area (TPSA) is 83.6 Å². The van der Waals surface area contributed by atoms with E-state index in [1.807, 2.05) is 13.8 Å². The van der Waals surface area contributed by atoms with Crippen LogP contribution in [-0.2, 0) is 9.59 Å². The minimum Gasteiger partial charge on any atom is -0.480 e. The predicted octanol–water partition coefficient (Wildman–Crippen LogP) is 0.825. The normalized spacial score (nSPS) is 27.0. The molecule has 1 saturated heterocycles. The van der Waals surface area contributed by atoms with Gasteiger partial charge in [0.05, 0.1) is 6.04 Å². The van der Waals surface area contributed by atoms with E-state index in [9.17, 15) is 14.7 Å². The van der Waals surface area contributed by atoms with E-state index >= 15 is 0 Å². The Labute approximate surface area is 102 Å². The molecule has 1 fully saturated rings. The largest absolute Gasteiger partial charge is 0.480 e. The van der Waals surface area contributed by atoms with Gasteiger partial charge in [0, 0.05) is 6.54 Å². The highest BCUT2D eigenvalue weighted by atomic mass is 16.4. The fraction of sp³-hybridized carbons (Fsp3) is 0.833. The molecular formula is C12H22N2O3. The molecule has 1 unspecified atom stereocenters. The minimum atomic E-state index is -1.10. The lowest BCUT2D eigenvalue weighted by atomic mass is 9.87. The second-order valence-electron chi connectivity index (χ2n) is 5.30. The lowest BCUT2D eigenvalue weighted by Crippen LogP contribution is -2.61. The van der Waals surface area contributed by atoms with Crippen molar-refractivity contribution in [3.05, 3.63) is 0 Å². The molecule has 98 valence electrons. The van der Waals surface area contributed by atoms with Gasteiger partial charge in [-0.3, -0.25) is 4.79 Å². The summed E-state index contributed by atoms with van der Waals surface area (Å²) in [5.74, 6) is -1.17. The number of aliphatic carboxylic acids is 1. The van der Waals surface area contributed by atoms with Crippen LogP contribution >= 0.6 is 0 Å². The van der Waals surface area contributed by atoms with Gasteiger partial charge in [-0.2, -0.15) is 0 Å². The summed E-state index contributed by atoms with van der Waals surface area (Å²) in [5.41, 5.74) is 4.73. The highest BCUT2D eigenvalue weighted by Gasteiger charge is 2.45. The molecule has 1 amide bonds. The fourth-order valence-corrected chi connectivity index (χ4v) is 2.16. The first kappa shape index (κ1) is 14.0. The van der Waals surface area contributed by atoms with Crippen LogP contribution < -0.4 is 5.73 Å². The number of carboxylic acid groups (broad SMARTS) is 1. The van der Waals surface area contributed by atoms with E-state index in [2.05, 4.69) is 0 Å². The lowest BCUT2D eigenvalue weighted by molar-refractivity contribution is -0.162. The molecule has 5 nitrogen and oxygen atoms in total. The van der Waals surface area contributed by atoms with Gasteiger partial charge in [-0.25, -0.2) is 4.79 Å². The number of nitrogens with zero attached hydrogens (tertiary/aromatic N) is 1. The van der Waals surface area contributed by atoms with Gasteiger partial charge in [-0.05, 0) is 32.1 Å². The zero-order valence-corrected chi connectivity index (χ0v) is 10.8. The standard InChI is InChI=1S/C12H22N2O3/c1-8(2)9(13)10(15)14-7-5-4-6-12(14,3)11(16)17/h8-9H,4-7,13H2,1-3H3,(H,16,17)/t9-,12?/m0/s1. The Kier molecular flexibility index (Phi) is 4.14. The zero-order chi connectivity index (χ0) is 13.2. The Morgan fingerprint density at radius 2 is 1.94 bits per heavy atom. The first-order valence-corrected chi connectivity index (χ1v) is 6.11. The van der Waals surface area contributed by atoms with E-state index in [4.69, 9.17) is 5.73 Å². The summed E-state index contributed by atoms with van der Waals surface area (Å²) in [4.78, 5) is 25.0. The van der Waals surface area contributed by atoms with Crippen molar-refractivity contribution in [3.8, 4) is 0 Å². The number of carbonyl (C=O) groups excluding carboxylic acids is 1. The maximum atomic E-state index is 12.2. The number of hydrogen-bond acceptors (Lipinski definition) is 3. The van der Waals surface area contributed by atoms with Crippen molar-refractivity contribution in [2.75, 3.05) is 6.54 Å². The van der Waals surface area contributed by atoms with Gasteiger partial charge >= 0.3 is 5.97 Å². The second kappa shape index (κ2) is 5.04. The number of nitrogens with two attached hydrogens (primary N) is 1. The number of rotatable bonds is 3. The Morgan fingerprint density at radius 3 is 2.41 bits per heavy atom. The molecule has 3 N–H and O–H groups in total. The summed E-state index contributed by atoms with van der Waals surface area (Å²) in [6, 6.07) is -0.619. The number of carboxylic acids is 1. The summed E-state index contributed by atoms with van der Waals surface area (Å²) < 4.78 is 0. The van der Waals surface area contributed by atoms with Crippen molar-refractivity contribution in [1.29, 1.82) is 0 Å². The molecule has 1 aliphatic heterocycles. The highest BCUT2D eigenvalue weighted by molar-refractivity contribution is 5.89. The van der Waals surface area contributed by atoms with Crippen molar-refractivity contribution in [2.24, 2.45) is 11.7 Å². The van der Waals surface area contributed by atoms with E-state index in [1.165, 1.54) is 4.90 Å². The SMILES string of the molecule is CC(C)[C@H](N)C(=O)N1CCCCC1(C)C(=O)O. The quantitative estimate of drug-likeness (QED) is 0.767. The summed E-state index contributed by atoms with van der Waals surface area (Å²) >= 11 is 0. The molecule has 0 aliphatic carbocycles. The maximum absolute atomic E-state index is 12.2. The Balaban J connectivity index is 2.93. The van der Waals surface area contributed by atoms with E-state index in [1.54, 1.807) is 6.92 Å². The van der Waals surface area contributed by atoms with Crippen molar-refractivity contribution >= 4 is 11.9 Å². The molecular weight excluding hydrogens is 220 g/mol. The third kappa shape index (κ3) is 2.60. The Hall–Kier alpha value is -1.10. The molecule has 0 bridgehead atoms. The van der Waals surface area contributed by atoms with Crippen molar-refractivity contribution in [1.82, 2.24) is 4.90 Å². The molecule has 0 spiro atoms. The second-order valence-corrected chi connectivity index (χ2v) is 5.30. The van der Waals surface area contributed by atoms with Crippen LogP contribution in [0.4, 0.5) is 0 Å². The molecule has 0 saturated carbocycles. The van der Waals surface area contributed by atoms with Gasteiger partial charge in [-0.15, -0.1) is 0 Å². The van der Waals surface area contributed by atoms with Gasteiger partial charge in [0.2, 0.25) is 5.91 Å². The number of likely N-dealkylation sites (tertiary alicyclic amines) is 1. The van der Waals surface area contributed by atoms with Crippen LogP contribution in [0.15, 0.2) is 0 Å². The lowest BCUT2D eigenvalue weighted by Gasteiger charge is -2.43. The highest BCUT2D eigenvalue weighted by Crippen LogP contribution is 2.29. The molecule has 0 aromatic carbocycles. The van der Waals surface area contributed by atoms with E-state index in [-0.39, 0.29) is 11.8 Å². The molecule has 1 heterocycles. The van der Waals surface area contributed by atoms with E-state index in [0.717, 1.165) is 12.8 Å². The van der Waals surface area contributed by atoms with Crippen LogP contribution in [0.25, 0.3) is 0 Å². The summed E-state index contributed by atoms with van der Waals surface area (Å²) in [7, 11) is 0. The molecule has 0 radical (unpaired) electrons. The van der Waals surface area contributed by atoms with Gasteiger partial charge < -0.3 is 15.7 Å². The summed E-state index contributed by atoms with van der Waals surface area (Å²) in [6.07, 6.45) is 2.18. The van der Waals surface area contributed by atoms with E-state index in [0.29, 0.717) is 13.0 Å². The summed E-state index contributed by atoms with van der Waals surface area (Å²) in [6.45, 7) is 5.83. The van der Waals surface area contributed by atoms with Crippen molar-refractivity contribution in [2.45, 2.75) is 51.6 Å². The monoisotopic (exact) mass is 242 g/mol. The molecule has 0 aromatic rings. The number of amides is 1. The molecule has 1 aliphatic rings. The first-order valence-electron chi connectivity index (χ1n) is 6.11. The minimum absolute atomic E-state index is 0.0162. The third-order valence-corrected chi connectivity index (χ3v) is 3.62. The number of carbonyl (C=O) groups is 2. The zero-order valence-electron chi connectivity index (χ0n) is 10.8. The van der Waals surface area contributed by atoms with Crippen LogP contribution in [0.5, 0.6) is 0 Å². The molecule has 0 aromatic heterocycles. The Bertz CT molecular complexity index is 317. The fourth-order valence-electron chi connectivity index (χ4n) is 2.16. The summed E-state index contributed by atoms with van der Waals surface area (Å²) in [5, 5.41) is 9.30. The molecule has 17 heavy (non-hydrogen) atoms. The van der Waals surface area contributed by atoms with Gasteiger partial charge in [-0.1, -0.05) is 13.8 Å². The van der Waals surface area contributed by atoms with Gasteiger partial charge in [0.15, 0.2) is 0 Å². The smallest absolute Gasteiger partial charge is 0.329 e. The first-order chi connectivity index (χ1) is 7.80. The van der Waals surface area contributed by atoms with Gasteiger partial charge in [0.1, 0.15) is 5.54 Å². The average Bonchev–Trinajstić information content (AvgIpc) is 2.27. The van der Waals surface area contributed by atoms with Crippen LogP contribution in [0.2, 0.25) is 0 Å². The average molecular weight is 242 g/mol. The van der Waals surface area contributed by atoms with Crippen LogP contribution in [0.3, 0.4) is 0 Å². The maximum Gasteiger partial charge on any atom is 0.329 e. The molecule has 5 heteroatoms. The Morgan fingerprint density at radius 1 is 1.35 bits per heavy atom. The van der Waals surface area contributed by atoms with Crippen molar-refractivity contribution < 1.29 is 14.7 Å². The van der Waals surface area contributed by atoms with Gasteiger partial charge in [0.25, 0.3) is 0 Å². The van der Waals surface area contributed by atoms with Crippen molar-refractivity contribution in [3.63, 3.8) is 0 Å².